The Bertz CT molecular complexity index is 375. The van der Waals surface area contributed by atoms with Crippen molar-refractivity contribution >= 4 is 5.69 Å². The molecular formula is C16H26N2. The average Bonchev–Trinajstić information content (AvgIpc) is 2.36. The number of nitrogens with two attached hydrogens (primary N) is 1. The predicted octanol–water partition coefficient (Wildman–Crippen LogP) is 3.32. The van der Waals surface area contributed by atoms with Crippen LogP contribution in [0.2, 0.25) is 0 Å². The second-order valence-electron chi connectivity index (χ2n) is 5.90. The molecule has 1 aliphatic carbocycles. The van der Waals surface area contributed by atoms with E-state index < -0.39 is 0 Å². The van der Waals surface area contributed by atoms with Gasteiger partial charge in [0, 0.05) is 18.3 Å². The third-order valence-electron chi connectivity index (χ3n) is 4.24. The largest absolute Gasteiger partial charge is 0.399 e. The fraction of sp³-hybridized carbons (Fsp3) is 0.625. The molecule has 0 bridgehead atoms. The van der Waals surface area contributed by atoms with Gasteiger partial charge < -0.3 is 10.6 Å². The quantitative estimate of drug-likeness (QED) is 0.826. The molecule has 1 fully saturated rings. The molecule has 1 aliphatic rings. The molecule has 0 spiro atoms. The summed E-state index contributed by atoms with van der Waals surface area (Å²) in [5.41, 5.74) is 8.04. The van der Waals surface area contributed by atoms with Gasteiger partial charge in [0.15, 0.2) is 0 Å². The van der Waals surface area contributed by atoms with Crippen molar-refractivity contribution in [1.29, 1.82) is 0 Å². The van der Waals surface area contributed by atoms with Gasteiger partial charge in [0.05, 0.1) is 0 Å². The number of hydrogen-bond acceptors (Lipinski definition) is 2. The molecule has 0 aliphatic heterocycles. The van der Waals surface area contributed by atoms with Gasteiger partial charge in [-0.1, -0.05) is 31.9 Å². The van der Waals surface area contributed by atoms with Crippen LogP contribution < -0.4 is 5.73 Å². The van der Waals surface area contributed by atoms with Gasteiger partial charge in [-0.3, -0.25) is 0 Å². The van der Waals surface area contributed by atoms with E-state index in [1.54, 1.807) is 0 Å². The van der Waals surface area contributed by atoms with Crippen LogP contribution in [0.15, 0.2) is 24.3 Å². The molecule has 0 saturated heterocycles. The van der Waals surface area contributed by atoms with E-state index in [0.717, 1.165) is 30.6 Å². The molecule has 2 N–H and O–H groups in total. The minimum Gasteiger partial charge on any atom is -0.399 e. The number of hydrogen-bond donors (Lipinski definition) is 1. The van der Waals surface area contributed by atoms with E-state index in [-0.39, 0.29) is 0 Å². The first-order valence-electron chi connectivity index (χ1n) is 7.20. The molecule has 1 aromatic rings. The molecule has 1 aromatic carbocycles. The lowest BCUT2D eigenvalue weighted by Crippen LogP contribution is -2.36. The Morgan fingerprint density at radius 2 is 2.17 bits per heavy atom. The van der Waals surface area contributed by atoms with Crippen molar-refractivity contribution in [3.05, 3.63) is 29.8 Å². The molecule has 0 aromatic heterocycles. The summed E-state index contributed by atoms with van der Waals surface area (Å²) in [6.45, 7) is 3.53. The van der Waals surface area contributed by atoms with Gasteiger partial charge in [-0.05, 0) is 49.9 Å². The fourth-order valence-electron chi connectivity index (χ4n) is 3.04. The average molecular weight is 246 g/mol. The minimum atomic E-state index is 0.787. The Morgan fingerprint density at radius 3 is 2.89 bits per heavy atom. The maximum Gasteiger partial charge on any atom is 0.0316 e. The molecule has 2 heteroatoms. The summed E-state index contributed by atoms with van der Waals surface area (Å²) in [6.07, 6.45) is 6.66. The summed E-state index contributed by atoms with van der Waals surface area (Å²) in [5, 5.41) is 0. The van der Waals surface area contributed by atoms with Crippen molar-refractivity contribution < 1.29 is 0 Å². The van der Waals surface area contributed by atoms with Crippen LogP contribution >= 0.6 is 0 Å². The molecule has 1 saturated carbocycles. The lowest BCUT2D eigenvalue weighted by Gasteiger charge is -2.34. The normalized spacial score (nSPS) is 24.4. The van der Waals surface area contributed by atoms with E-state index in [4.69, 9.17) is 5.73 Å². The third kappa shape index (κ3) is 3.74. The zero-order chi connectivity index (χ0) is 13.0. The molecule has 0 heterocycles. The number of nitrogen functional groups attached to an aromatic ring is 1. The van der Waals surface area contributed by atoms with Crippen LogP contribution in [0.1, 0.15) is 38.2 Å². The smallest absolute Gasteiger partial charge is 0.0316 e. The maximum atomic E-state index is 5.81. The maximum absolute atomic E-state index is 5.81. The van der Waals surface area contributed by atoms with Crippen LogP contribution in [0.3, 0.4) is 0 Å². The van der Waals surface area contributed by atoms with E-state index in [2.05, 4.69) is 31.0 Å². The van der Waals surface area contributed by atoms with Crippen LogP contribution in [0.25, 0.3) is 0 Å². The van der Waals surface area contributed by atoms with Gasteiger partial charge in [0.2, 0.25) is 0 Å². The van der Waals surface area contributed by atoms with Gasteiger partial charge in [-0.2, -0.15) is 0 Å². The highest BCUT2D eigenvalue weighted by Gasteiger charge is 2.21. The summed E-state index contributed by atoms with van der Waals surface area (Å²) >= 11 is 0. The van der Waals surface area contributed by atoms with Gasteiger partial charge in [0.1, 0.15) is 0 Å². The van der Waals surface area contributed by atoms with Crippen molar-refractivity contribution in [3.63, 3.8) is 0 Å². The molecule has 18 heavy (non-hydrogen) atoms. The topological polar surface area (TPSA) is 29.3 Å². The predicted molar refractivity (Wildman–Crippen MR) is 78.6 cm³/mol. The highest BCUT2D eigenvalue weighted by Crippen LogP contribution is 2.26. The number of anilines is 1. The Morgan fingerprint density at radius 1 is 1.33 bits per heavy atom. The number of rotatable bonds is 4. The number of likely N-dealkylation sites (N-methyl/N-ethyl adjacent to an activating group) is 1. The standard InChI is InChI=1S/C16H26N2/c1-13-5-3-8-16(11-13)18(2)10-9-14-6-4-7-15(17)12-14/h4,6-7,12-13,16H,3,5,8-11,17H2,1-2H3. The molecule has 2 unspecified atom stereocenters. The lowest BCUT2D eigenvalue weighted by molar-refractivity contribution is 0.165. The first-order chi connectivity index (χ1) is 8.65. The van der Waals surface area contributed by atoms with Gasteiger partial charge in [-0.15, -0.1) is 0 Å². The zero-order valence-electron chi connectivity index (χ0n) is 11.7. The Kier molecular flexibility index (Phi) is 4.65. The molecule has 0 amide bonds. The third-order valence-corrected chi connectivity index (χ3v) is 4.24. The molecule has 2 rings (SSSR count). The van der Waals surface area contributed by atoms with Crippen molar-refractivity contribution in [1.82, 2.24) is 4.90 Å². The van der Waals surface area contributed by atoms with E-state index in [1.165, 1.54) is 31.2 Å². The molecule has 2 nitrogen and oxygen atoms in total. The first kappa shape index (κ1) is 13.4. The summed E-state index contributed by atoms with van der Waals surface area (Å²) in [6, 6.07) is 9.06. The Hall–Kier alpha value is -1.02. The SMILES string of the molecule is CC1CCCC(N(C)CCc2cccc(N)c2)C1. The number of nitrogens with zero attached hydrogens (tertiary/aromatic N) is 1. The Balaban J connectivity index is 1.82. The summed E-state index contributed by atoms with van der Waals surface area (Å²) in [4.78, 5) is 2.54. The highest BCUT2D eigenvalue weighted by atomic mass is 15.1. The van der Waals surface area contributed by atoms with Gasteiger partial charge in [-0.25, -0.2) is 0 Å². The lowest BCUT2D eigenvalue weighted by atomic mass is 9.86. The Labute approximate surface area is 111 Å². The zero-order valence-corrected chi connectivity index (χ0v) is 11.7. The first-order valence-corrected chi connectivity index (χ1v) is 7.20. The molecule has 2 atom stereocenters. The van der Waals surface area contributed by atoms with Crippen LogP contribution in [0.5, 0.6) is 0 Å². The van der Waals surface area contributed by atoms with Crippen LogP contribution in [0.4, 0.5) is 5.69 Å². The van der Waals surface area contributed by atoms with Crippen molar-refractivity contribution in [2.75, 3.05) is 19.3 Å². The van der Waals surface area contributed by atoms with E-state index >= 15 is 0 Å². The van der Waals surface area contributed by atoms with Crippen LogP contribution in [0, 0.1) is 5.92 Å². The van der Waals surface area contributed by atoms with E-state index in [9.17, 15) is 0 Å². The van der Waals surface area contributed by atoms with E-state index in [1.807, 2.05) is 12.1 Å². The summed E-state index contributed by atoms with van der Waals surface area (Å²) in [5.74, 6) is 0.901. The summed E-state index contributed by atoms with van der Waals surface area (Å²) in [7, 11) is 2.27. The summed E-state index contributed by atoms with van der Waals surface area (Å²) < 4.78 is 0. The van der Waals surface area contributed by atoms with Crippen LogP contribution in [-0.2, 0) is 6.42 Å². The highest BCUT2D eigenvalue weighted by molar-refractivity contribution is 5.40. The fourth-order valence-corrected chi connectivity index (χ4v) is 3.04. The monoisotopic (exact) mass is 246 g/mol. The molecule has 0 radical (unpaired) electrons. The number of benzene rings is 1. The van der Waals surface area contributed by atoms with E-state index in [0.29, 0.717) is 0 Å². The molecule has 100 valence electrons. The van der Waals surface area contributed by atoms with Gasteiger partial charge >= 0.3 is 0 Å². The second-order valence-corrected chi connectivity index (χ2v) is 5.90. The molecular weight excluding hydrogens is 220 g/mol. The van der Waals surface area contributed by atoms with Gasteiger partial charge in [0.25, 0.3) is 0 Å². The van der Waals surface area contributed by atoms with Crippen LogP contribution in [-0.4, -0.2) is 24.5 Å². The second kappa shape index (κ2) is 6.24. The minimum absolute atomic E-state index is 0.787. The van der Waals surface area contributed by atoms with Crippen molar-refractivity contribution in [3.8, 4) is 0 Å². The van der Waals surface area contributed by atoms with Crippen molar-refractivity contribution in [2.24, 2.45) is 5.92 Å². The van der Waals surface area contributed by atoms with Crippen molar-refractivity contribution in [2.45, 2.75) is 45.1 Å².